The molecular weight excluding hydrogens is 283 g/mol. The Morgan fingerprint density at radius 3 is 1.89 bits per heavy atom. The van der Waals surface area contributed by atoms with Crippen molar-refractivity contribution in [2.24, 2.45) is 22.2 Å². The molecule has 0 aromatic heterocycles. The third-order valence-corrected chi connectivity index (χ3v) is 5.50. The summed E-state index contributed by atoms with van der Waals surface area (Å²) in [6.45, 7) is 11.5. The molecule has 19 heavy (non-hydrogen) atoms. The molecule has 0 aliphatic heterocycles. The zero-order valence-corrected chi connectivity index (χ0v) is 13.7. The summed E-state index contributed by atoms with van der Waals surface area (Å²) < 4.78 is -1.18. The van der Waals surface area contributed by atoms with Crippen LogP contribution in [0, 0.1) is 22.2 Å². The van der Waals surface area contributed by atoms with Crippen molar-refractivity contribution in [1.82, 2.24) is 0 Å². The van der Waals surface area contributed by atoms with Crippen molar-refractivity contribution in [1.29, 1.82) is 0 Å². The second-order valence-corrected chi connectivity index (χ2v) is 9.03. The first kappa shape index (κ1) is 15.1. The van der Waals surface area contributed by atoms with Crippen molar-refractivity contribution in [2.75, 3.05) is 0 Å². The van der Waals surface area contributed by atoms with Crippen LogP contribution >= 0.6 is 23.2 Å². The zero-order chi connectivity index (χ0) is 15.0. The molecule has 1 fully saturated rings. The van der Waals surface area contributed by atoms with Crippen LogP contribution in [0.5, 0.6) is 0 Å². The smallest absolute Gasteiger partial charge is 0.225 e. The quantitative estimate of drug-likeness (QED) is 0.501. The van der Waals surface area contributed by atoms with E-state index < -0.39 is 26.7 Å². The van der Waals surface area contributed by atoms with Gasteiger partial charge in [0, 0.05) is 11.5 Å². The molecule has 2 nitrogen and oxygen atoms in total. The van der Waals surface area contributed by atoms with Crippen molar-refractivity contribution < 1.29 is 9.59 Å². The highest BCUT2D eigenvalue weighted by Crippen LogP contribution is 2.78. The molecule has 0 heterocycles. The summed E-state index contributed by atoms with van der Waals surface area (Å²) in [5.41, 5.74) is -1.27. The van der Waals surface area contributed by atoms with E-state index in [0.717, 1.165) is 0 Å². The minimum Gasteiger partial charge on any atom is -0.290 e. The maximum Gasteiger partial charge on any atom is 0.225 e. The molecule has 1 saturated carbocycles. The maximum absolute atomic E-state index is 12.6. The molecule has 2 aliphatic rings. The minimum atomic E-state index is -1.18. The molecule has 0 saturated heterocycles. The number of Topliss-reactive ketones (excluding diaryl/α,β-unsaturated/α-hetero) is 2. The number of allylic oxidation sites excluding steroid dienone is 2. The number of alkyl halides is 2. The van der Waals surface area contributed by atoms with Gasteiger partial charge in [-0.1, -0.05) is 70.8 Å². The van der Waals surface area contributed by atoms with Crippen LogP contribution in [-0.4, -0.2) is 15.9 Å². The van der Waals surface area contributed by atoms with Gasteiger partial charge in [0.2, 0.25) is 11.6 Å². The maximum atomic E-state index is 12.6. The van der Waals surface area contributed by atoms with E-state index in [-0.39, 0.29) is 11.3 Å². The summed E-state index contributed by atoms with van der Waals surface area (Å²) in [7, 11) is 0. The van der Waals surface area contributed by atoms with Gasteiger partial charge in [0.05, 0.1) is 5.41 Å². The molecule has 2 aliphatic carbocycles. The summed E-state index contributed by atoms with van der Waals surface area (Å²) in [4.78, 5) is 25.1. The molecule has 0 bridgehead atoms. The number of fused-ring (bicyclic) bond motifs is 1. The monoisotopic (exact) mass is 302 g/mol. The van der Waals surface area contributed by atoms with Crippen molar-refractivity contribution >= 4 is 34.8 Å². The average Bonchev–Trinajstić information content (AvgIpc) is 2.68. The normalized spacial score (nSPS) is 33.9. The average molecular weight is 303 g/mol. The van der Waals surface area contributed by atoms with Gasteiger partial charge in [-0.15, -0.1) is 0 Å². The Morgan fingerprint density at radius 2 is 1.53 bits per heavy atom. The van der Waals surface area contributed by atoms with Crippen molar-refractivity contribution in [3.05, 3.63) is 11.6 Å². The van der Waals surface area contributed by atoms with Gasteiger partial charge in [-0.2, -0.15) is 0 Å². The first-order valence-electron chi connectivity index (χ1n) is 6.49. The van der Waals surface area contributed by atoms with Gasteiger partial charge in [0.1, 0.15) is 4.33 Å². The number of halogens is 2. The Hall–Kier alpha value is -0.340. The van der Waals surface area contributed by atoms with Gasteiger partial charge >= 0.3 is 0 Å². The molecule has 0 radical (unpaired) electrons. The molecule has 2 atom stereocenters. The topological polar surface area (TPSA) is 34.1 Å². The summed E-state index contributed by atoms with van der Waals surface area (Å²) in [6.07, 6.45) is 1.83. The van der Waals surface area contributed by atoms with Crippen molar-refractivity contribution in [2.45, 2.75) is 45.9 Å². The summed E-state index contributed by atoms with van der Waals surface area (Å²) >= 11 is 12.8. The Morgan fingerprint density at radius 1 is 1.05 bits per heavy atom. The highest BCUT2D eigenvalue weighted by atomic mass is 35.5. The fraction of sp³-hybridized carbons (Fsp3) is 0.733. The molecule has 2 rings (SSSR count). The van der Waals surface area contributed by atoms with Gasteiger partial charge in [0.25, 0.3) is 0 Å². The largest absolute Gasteiger partial charge is 0.290 e. The SMILES string of the molecule is CC(C)(C)C1=C[C@@H]2C(Cl)(Cl)[C@]2(C(C)(C)C)C(=O)C1=O. The predicted octanol–water partition coefficient (Wildman–Crippen LogP) is 3.95. The number of rotatable bonds is 0. The molecule has 106 valence electrons. The zero-order valence-electron chi connectivity index (χ0n) is 12.2. The Kier molecular flexibility index (Phi) is 2.89. The summed E-state index contributed by atoms with van der Waals surface area (Å²) in [5.74, 6) is -1.13. The number of carbonyl (C=O) groups excluding carboxylic acids is 2. The lowest BCUT2D eigenvalue weighted by Crippen LogP contribution is -2.43. The van der Waals surface area contributed by atoms with Gasteiger partial charge < -0.3 is 0 Å². The molecule has 0 unspecified atom stereocenters. The lowest BCUT2D eigenvalue weighted by Gasteiger charge is -2.34. The highest BCUT2D eigenvalue weighted by molar-refractivity contribution is 6.60. The van der Waals surface area contributed by atoms with Crippen LogP contribution in [0.2, 0.25) is 0 Å². The van der Waals surface area contributed by atoms with Crippen LogP contribution in [0.1, 0.15) is 41.5 Å². The van der Waals surface area contributed by atoms with E-state index >= 15 is 0 Å². The lowest BCUT2D eigenvalue weighted by molar-refractivity contribution is -0.142. The predicted molar refractivity (Wildman–Crippen MR) is 77.4 cm³/mol. The molecule has 0 aromatic carbocycles. The van der Waals surface area contributed by atoms with E-state index in [1.165, 1.54) is 0 Å². The van der Waals surface area contributed by atoms with Crippen molar-refractivity contribution in [3.63, 3.8) is 0 Å². The fourth-order valence-corrected chi connectivity index (χ4v) is 4.71. The molecular formula is C15H20Cl2O2. The van der Waals surface area contributed by atoms with E-state index in [1.54, 1.807) is 0 Å². The number of carbonyl (C=O) groups is 2. The molecule has 4 heteroatoms. The molecule has 0 N–H and O–H groups in total. The van der Waals surface area contributed by atoms with Crippen LogP contribution in [0.4, 0.5) is 0 Å². The van der Waals surface area contributed by atoms with E-state index in [9.17, 15) is 9.59 Å². The summed E-state index contributed by atoms with van der Waals surface area (Å²) in [5, 5.41) is 0. The van der Waals surface area contributed by atoms with E-state index in [2.05, 4.69) is 0 Å². The third kappa shape index (κ3) is 1.62. The summed E-state index contributed by atoms with van der Waals surface area (Å²) in [6, 6.07) is 0. The van der Waals surface area contributed by atoms with Gasteiger partial charge in [-0.25, -0.2) is 0 Å². The number of hydrogen-bond donors (Lipinski definition) is 0. The van der Waals surface area contributed by atoms with Crippen LogP contribution in [-0.2, 0) is 9.59 Å². The lowest BCUT2D eigenvalue weighted by atomic mass is 9.66. The minimum absolute atomic E-state index is 0.275. The number of hydrogen-bond acceptors (Lipinski definition) is 2. The number of ketones is 2. The Balaban J connectivity index is 2.63. The van der Waals surface area contributed by atoms with Crippen LogP contribution in [0.25, 0.3) is 0 Å². The Labute approximate surface area is 124 Å². The van der Waals surface area contributed by atoms with Gasteiger partial charge in [-0.05, 0) is 10.8 Å². The molecule has 0 spiro atoms. The van der Waals surface area contributed by atoms with Gasteiger partial charge in [-0.3, -0.25) is 9.59 Å². The molecule has 0 aromatic rings. The van der Waals surface area contributed by atoms with Crippen LogP contribution in [0.3, 0.4) is 0 Å². The van der Waals surface area contributed by atoms with Gasteiger partial charge in [0.15, 0.2) is 0 Å². The Bertz CT molecular complexity index is 503. The fourth-order valence-electron chi connectivity index (χ4n) is 3.39. The highest BCUT2D eigenvalue weighted by Gasteiger charge is 2.85. The van der Waals surface area contributed by atoms with Crippen LogP contribution < -0.4 is 0 Å². The second-order valence-electron chi connectivity index (χ2n) is 7.65. The van der Waals surface area contributed by atoms with E-state index in [4.69, 9.17) is 23.2 Å². The van der Waals surface area contributed by atoms with Crippen molar-refractivity contribution in [3.8, 4) is 0 Å². The van der Waals surface area contributed by atoms with E-state index in [1.807, 2.05) is 47.6 Å². The second kappa shape index (κ2) is 3.65. The first-order chi connectivity index (χ1) is 8.29. The first-order valence-corrected chi connectivity index (χ1v) is 7.24. The van der Waals surface area contributed by atoms with E-state index in [0.29, 0.717) is 5.57 Å². The molecule has 0 amide bonds. The third-order valence-electron chi connectivity index (χ3n) is 4.43. The van der Waals surface area contributed by atoms with Crippen LogP contribution in [0.15, 0.2) is 11.6 Å². The standard InChI is InChI=1S/C15H20Cl2O2/c1-12(2,3)8-7-9-14(13(4,5)6,15(9,16)17)11(19)10(8)18/h7,9H,1-6H3/t9-,14-/m0/s1.